The van der Waals surface area contributed by atoms with Gasteiger partial charge in [0.25, 0.3) is 0 Å². The lowest BCUT2D eigenvalue weighted by atomic mass is 10.1. The van der Waals surface area contributed by atoms with Gasteiger partial charge in [-0.2, -0.15) is 5.10 Å². The van der Waals surface area contributed by atoms with Gasteiger partial charge in [-0.15, -0.1) is 12.4 Å². The second-order valence-electron chi connectivity index (χ2n) is 4.79. The highest BCUT2D eigenvalue weighted by molar-refractivity contribution is 5.95. The smallest absolute Gasteiger partial charge is 0.246 e. The third kappa shape index (κ3) is 5.12. The van der Waals surface area contributed by atoms with Crippen LogP contribution in [0.3, 0.4) is 0 Å². The van der Waals surface area contributed by atoms with Crippen LogP contribution in [0, 0.1) is 0 Å². The van der Waals surface area contributed by atoms with Crippen LogP contribution in [0.1, 0.15) is 11.6 Å². The van der Waals surface area contributed by atoms with Crippen LogP contribution in [-0.4, -0.2) is 29.3 Å². The van der Waals surface area contributed by atoms with Gasteiger partial charge in [-0.05, 0) is 19.2 Å². The second kappa shape index (κ2) is 8.97. The van der Waals surface area contributed by atoms with Crippen LogP contribution in [0.15, 0.2) is 49.3 Å². The summed E-state index contributed by atoms with van der Waals surface area (Å²) in [5.74, 6) is 0.524. The van der Waals surface area contributed by atoms with E-state index in [1.165, 1.54) is 0 Å². The van der Waals surface area contributed by atoms with Crippen molar-refractivity contribution in [1.29, 1.82) is 0 Å². The summed E-state index contributed by atoms with van der Waals surface area (Å²) in [7, 11) is 3.55. The van der Waals surface area contributed by atoms with Crippen LogP contribution in [0.4, 0.5) is 5.69 Å². The fourth-order valence-electron chi connectivity index (χ4n) is 2.07. The number of aryl methyl sites for hydroxylation is 1. The van der Waals surface area contributed by atoms with Gasteiger partial charge in [-0.3, -0.25) is 9.48 Å². The molecule has 1 unspecified atom stereocenters. The monoisotopic (exact) mass is 336 g/mol. The molecule has 0 aliphatic carbocycles. The number of benzene rings is 1. The van der Waals surface area contributed by atoms with Gasteiger partial charge < -0.3 is 15.4 Å². The SMILES string of the molecule is C=CCOc1cccc(NC(=O)C(NC)c2cnn(C)c2)c1.Cl. The highest BCUT2D eigenvalue weighted by Crippen LogP contribution is 2.19. The molecule has 6 nitrogen and oxygen atoms in total. The Hall–Kier alpha value is -2.31. The standard InChI is InChI=1S/C16H20N4O2.ClH/c1-4-8-22-14-7-5-6-13(9-14)19-16(21)15(17-2)12-10-18-20(3)11-12;/h4-7,9-11,15,17H,1,8H2,2-3H3,(H,19,21);1H. The number of ether oxygens (including phenoxy) is 1. The van der Waals surface area contributed by atoms with Crippen molar-refractivity contribution in [2.75, 3.05) is 19.0 Å². The molecule has 0 saturated carbocycles. The van der Waals surface area contributed by atoms with Crippen LogP contribution in [0.2, 0.25) is 0 Å². The summed E-state index contributed by atoms with van der Waals surface area (Å²) >= 11 is 0. The van der Waals surface area contributed by atoms with E-state index in [0.717, 1.165) is 5.56 Å². The van der Waals surface area contributed by atoms with E-state index in [1.807, 2.05) is 31.4 Å². The average molecular weight is 337 g/mol. The largest absolute Gasteiger partial charge is 0.489 e. The number of hydrogen-bond acceptors (Lipinski definition) is 4. The number of likely N-dealkylation sites (N-methyl/N-ethyl adjacent to an activating group) is 1. The number of nitrogens with zero attached hydrogens (tertiary/aromatic N) is 2. The second-order valence-corrected chi connectivity index (χ2v) is 4.79. The topological polar surface area (TPSA) is 68.2 Å². The Kier molecular flexibility index (Phi) is 7.31. The van der Waals surface area contributed by atoms with Crippen molar-refractivity contribution in [2.24, 2.45) is 7.05 Å². The van der Waals surface area contributed by atoms with E-state index >= 15 is 0 Å². The highest BCUT2D eigenvalue weighted by atomic mass is 35.5. The summed E-state index contributed by atoms with van der Waals surface area (Å²) in [5, 5.41) is 9.95. The van der Waals surface area contributed by atoms with Crippen molar-refractivity contribution in [3.8, 4) is 5.75 Å². The molecule has 0 spiro atoms. The Morgan fingerprint density at radius 3 is 2.91 bits per heavy atom. The molecule has 1 aromatic heterocycles. The Labute approximate surface area is 141 Å². The average Bonchev–Trinajstić information content (AvgIpc) is 2.92. The van der Waals surface area contributed by atoms with E-state index < -0.39 is 6.04 Å². The summed E-state index contributed by atoms with van der Waals surface area (Å²) in [5.41, 5.74) is 1.48. The van der Waals surface area contributed by atoms with Crippen LogP contribution < -0.4 is 15.4 Å². The highest BCUT2D eigenvalue weighted by Gasteiger charge is 2.20. The van der Waals surface area contributed by atoms with Crippen LogP contribution in [-0.2, 0) is 11.8 Å². The molecule has 1 aromatic carbocycles. The van der Waals surface area contributed by atoms with Crippen molar-refractivity contribution < 1.29 is 9.53 Å². The lowest BCUT2D eigenvalue weighted by Gasteiger charge is -2.15. The quantitative estimate of drug-likeness (QED) is 0.761. The van der Waals surface area contributed by atoms with Gasteiger partial charge in [0, 0.05) is 30.6 Å². The third-order valence-electron chi connectivity index (χ3n) is 3.08. The Balaban J connectivity index is 0.00000264. The maximum atomic E-state index is 12.4. The van der Waals surface area contributed by atoms with Gasteiger partial charge in [-0.25, -0.2) is 0 Å². The van der Waals surface area contributed by atoms with Crippen LogP contribution >= 0.6 is 12.4 Å². The lowest BCUT2D eigenvalue weighted by molar-refractivity contribution is -0.118. The zero-order valence-electron chi connectivity index (χ0n) is 13.2. The molecular formula is C16H21ClN4O2. The minimum Gasteiger partial charge on any atom is -0.489 e. The molecule has 1 heterocycles. The number of halogens is 1. The Bertz CT molecular complexity index is 657. The summed E-state index contributed by atoms with van der Waals surface area (Å²) in [6.45, 7) is 4.03. The molecule has 0 saturated heterocycles. The summed E-state index contributed by atoms with van der Waals surface area (Å²) < 4.78 is 7.12. The maximum absolute atomic E-state index is 12.4. The van der Waals surface area contributed by atoms with E-state index in [2.05, 4.69) is 22.3 Å². The molecule has 124 valence electrons. The minimum absolute atomic E-state index is 0. The van der Waals surface area contributed by atoms with Gasteiger partial charge in [0.05, 0.1) is 6.20 Å². The molecule has 1 amide bonds. The van der Waals surface area contributed by atoms with Crippen LogP contribution in [0.25, 0.3) is 0 Å². The molecule has 1 atom stereocenters. The molecule has 0 radical (unpaired) electrons. The van der Waals surface area contributed by atoms with Crippen molar-refractivity contribution in [3.63, 3.8) is 0 Å². The van der Waals surface area contributed by atoms with Crippen molar-refractivity contribution >= 4 is 24.0 Å². The zero-order chi connectivity index (χ0) is 15.9. The fraction of sp³-hybridized carbons (Fsp3) is 0.250. The number of aromatic nitrogens is 2. The number of anilines is 1. The summed E-state index contributed by atoms with van der Waals surface area (Å²) in [4.78, 5) is 12.4. The summed E-state index contributed by atoms with van der Waals surface area (Å²) in [6, 6.07) is 6.78. The minimum atomic E-state index is -0.466. The lowest BCUT2D eigenvalue weighted by Crippen LogP contribution is -2.30. The van der Waals surface area contributed by atoms with Gasteiger partial charge in [-0.1, -0.05) is 18.7 Å². The number of carbonyl (C=O) groups is 1. The normalized spacial score (nSPS) is 11.2. The summed E-state index contributed by atoms with van der Waals surface area (Å²) in [6.07, 6.45) is 5.15. The predicted molar refractivity (Wildman–Crippen MR) is 93.0 cm³/mol. The predicted octanol–water partition coefficient (Wildman–Crippen LogP) is 2.31. The number of carbonyl (C=O) groups excluding carboxylic acids is 1. The van der Waals surface area contributed by atoms with Gasteiger partial charge in [0.2, 0.25) is 5.91 Å². The maximum Gasteiger partial charge on any atom is 0.246 e. The van der Waals surface area contributed by atoms with Crippen molar-refractivity contribution in [1.82, 2.24) is 15.1 Å². The van der Waals surface area contributed by atoms with E-state index in [1.54, 1.807) is 30.1 Å². The van der Waals surface area contributed by atoms with Crippen molar-refractivity contribution in [2.45, 2.75) is 6.04 Å². The number of nitrogens with one attached hydrogen (secondary N) is 2. The first-order chi connectivity index (χ1) is 10.6. The molecule has 0 bridgehead atoms. The molecule has 2 rings (SSSR count). The Morgan fingerprint density at radius 2 is 2.30 bits per heavy atom. The number of rotatable bonds is 7. The number of amides is 1. The molecule has 2 N–H and O–H groups in total. The molecule has 2 aromatic rings. The van der Waals surface area contributed by atoms with E-state index in [-0.39, 0.29) is 18.3 Å². The molecular weight excluding hydrogens is 316 g/mol. The molecule has 0 fully saturated rings. The number of hydrogen-bond donors (Lipinski definition) is 2. The molecule has 0 aliphatic rings. The first-order valence-electron chi connectivity index (χ1n) is 6.94. The van der Waals surface area contributed by atoms with Crippen molar-refractivity contribution in [3.05, 3.63) is 54.9 Å². The van der Waals surface area contributed by atoms with Gasteiger partial charge in [0.1, 0.15) is 18.4 Å². The van der Waals surface area contributed by atoms with E-state index in [9.17, 15) is 4.79 Å². The van der Waals surface area contributed by atoms with E-state index in [0.29, 0.717) is 18.0 Å². The molecule has 7 heteroatoms. The van der Waals surface area contributed by atoms with Crippen LogP contribution in [0.5, 0.6) is 5.75 Å². The van der Waals surface area contributed by atoms with E-state index in [4.69, 9.17) is 4.74 Å². The first-order valence-corrected chi connectivity index (χ1v) is 6.94. The van der Waals surface area contributed by atoms with Gasteiger partial charge in [0.15, 0.2) is 0 Å². The molecule has 0 aliphatic heterocycles. The fourth-order valence-corrected chi connectivity index (χ4v) is 2.07. The third-order valence-corrected chi connectivity index (χ3v) is 3.08. The Morgan fingerprint density at radius 1 is 1.52 bits per heavy atom. The first kappa shape index (κ1) is 18.7. The van der Waals surface area contributed by atoms with Gasteiger partial charge >= 0.3 is 0 Å². The molecule has 23 heavy (non-hydrogen) atoms. The zero-order valence-corrected chi connectivity index (χ0v) is 14.0.